The number of carbonyl (C=O) groups is 2. The van der Waals surface area contributed by atoms with Crippen molar-refractivity contribution in [3.8, 4) is 0 Å². The van der Waals surface area contributed by atoms with Crippen molar-refractivity contribution in [1.82, 2.24) is 10.6 Å². The Morgan fingerprint density at radius 2 is 2.10 bits per heavy atom. The van der Waals surface area contributed by atoms with E-state index >= 15 is 0 Å². The maximum Gasteiger partial charge on any atom is 0.251 e. The van der Waals surface area contributed by atoms with Gasteiger partial charge in [0.25, 0.3) is 5.91 Å². The molecule has 1 saturated carbocycles. The fraction of sp³-hybridized carbons (Fsp3) is 0.467. The van der Waals surface area contributed by atoms with Crippen LogP contribution in [0, 0.1) is 0 Å². The summed E-state index contributed by atoms with van der Waals surface area (Å²) in [6.45, 7) is 3.15. The summed E-state index contributed by atoms with van der Waals surface area (Å²) in [7, 11) is 0. The van der Waals surface area contributed by atoms with Gasteiger partial charge in [0.05, 0.1) is 6.54 Å². The minimum absolute atomic E-state index is 0.0762. The van der Waals surface area contributed by atoms with E-state index in [-0.39, 0.29) is 18.4 Å². The molecule has 0 spiro atoms. The first kappa shape index (κ1) is 14.5. The topological polar surface area (TPSA) is 70.2 Å². The average molecular weight is 275 g/mol. The van der Waals surface area contributed by atoms with E-state index in [0.29, 0.717) is 17.3 Å². The lowest BCUT2D eigenvalue weighted by Crippen LogP contribution is -2.29. The molecule has 5 heteroatoms. The third-order valence-corrected chi connectivity index (χ3v) is 3.03. The minimum atomic E-state index is -0.0989. The molecule has 0 aliphatic heterocycles. The molecule has 0 radical (unpaired) electrons. The van der Waals surface area contributed by atoms with Crippen molar-refractivity contribution in [1.29, 1.82) is 0 Å². The molecule has 1 aliphatic carbocycles. The standard InChI is InChI=1S/C15H21N3O2/c1-2-8-16-10-14(19)17-13-5-3-4-11(9-13)15(20)18-12-6-7-12/h3-5,9,12,16H,2,6-8,10H2,1H3,(H,17,19)(H,18,20). The van der Waals surface area contributed by atoms with Crippen molar-refractivity contribution in [2.75, 3.05) is 18.4 Å². The van der Waals surface area contributed by atoms with Gasteiger partial charge in [-0.2, -0.15) is 0 Å². The monoisotopic (exact) mass is 275 g/mol. The van der Waals surface area contributed by atoms with Crippen LogP contribution in [0.25, 0.3) is 0 Å². The predicted molar refractivity (Wildman–Crippen MR) is 78.7 cm³/mol. The molecule has 20 heavy (non-hydrogen) atoms. The molecule has 2 rings (SSSR count). The Morgan fingerprint density at radius 3 is 2.80 bits per heavy atom. The molecule has 1 aliphatic rings. The number of hydrogen-bond donors (Lipinski definition) is 3. The zero-order valence-corrected chi connectivity index (χ0v) is 11.7. The van der Waals surface area contributed by atoms with Crippen LogP contribution in [0.3, 0.4) is 0 Å². The summed E-state index contributed by atoms with van der Waals surface area (Å²) in [5.41, 5.74) is 1.23. The van der Waals surface area contributed by atoms with E-state index in [0.717, 1.165) is 25.8 Å². The largest absolute Gasteiger partial charge is 0.349 e. The van der Waals surface area contributed by atoms with Crippen LogP contribution in [-0.2, 0) is 4.79 Å². The van der Waals surface area contributed by atoms with Crippen LogP contribution < -0.4 is 16.0 Å². The maximum atomic E-state index is 11.9. The highest BCUT2D eigenvalue weighted by atomic mass is 16.2. The van der Waals surface area contributed by atoms with Gasteiger partial charge in [-0.15, -0.1) is 0 Å². The molecule has 1 fully saturated rings. The molecule has 0 saturated heterocycles. The predicted octanol–water partition coefficient (Wildman–Crippen LogP) is 1.52. The molecule has 3 N–H and O–H groups in total. The number of nitrogens with one attached hydrogen (secondary N) is 3. The second-order valence-electron chi connectivity index (χ2n) is 5.05. The lowest BCUT2D eigenvalue weighted by molar-refractivity contribution is -0.115. The van der Waals surface area contributed by atoms with Crippen molar-refractivity contribution in [2.24, 2.45) is 0 Å². The molecule has 0 bridgehead atoms. The Morgan fingerprint density at radius 1 is 1.30 bits per heavy atom. The summed E-state index contributed by atoms with van der Waals surface area (Å²) in [5, 5.41) is 8.75. The van der Waals surface area contributed by atoms with Gasteiger partial charge < -0.3 is 16.0 Å². The summed E-state index contributed by atoms with van der Waals surface area (Å²) in [6.07, 6.45) is 3.11. The average Bonchev–Trinajstić information content (AvgIpc) is 3.23. The van der Waals surface area contributed by atoms with E-state index in [4.69, 9.17) is 0 Å². The van der Waals surface area contributed by atoms with Gasteiger partial charge in [-0.05, 0) is 44.0 Å². The molecule has 0 heterocycles. The fourth-order valence-electron chi connectivity index (χ4n) is 1.82. The molecule has 1 aromatic carbocycles. The van der Waals surface area contributed by atoms with Gasteiger partial charge in [0.15, 0.2) is 0 Å². The Labute approximate surface area is 119 Å². The SMILES string of the molecule is CCCNCC(=O)Nc1cccc(C(=O)NC2CC2)c1. The maximum absolute atomic E-state index is 11.9. The second kappa shape index (κ2) is 7.05. The normalized spacial score (nSPS) is 13.8. The third-order valence-electron chi connectivity index (χ3n) is 3.03. The van der Waals surface area contributed by atoms with Gasteiger partial charge in [0, 0.05) is 17.3 Å². The first-order valence-corrected chi connectivity index (χ1v) is 7.10. The number of amides is 2. The van der Waals surface area contributed by atoms with Crippen molar-refractivity contribution in [2.45, 2.75) is 32.2 Å². The van der Waals surface area contributed by atoms with Gasteiger partial charge in [0.2, 0.25) is 5.91 Å². The van der Waals surface area contributed by atoms with Crippen molar-refractivity contribution in [3.05, 3.63) is 29.8 Å². The summed E-state index contributed by atoms with van der Waals surface area (Å²) in [4.78, 5) is 23.6. The van der Waals surface area contributed by atoms with E-state index < -0.39 is 0 Å². The first-order chi connectivity index (χ1) is 9.69. The third kappa shape index (κ3) is 4.66. The second-order valence-corrected chi connectivity index (χ2v) is 5.05. The van der Waals surface area contributed by atoms with Gasteiger partial charge in [-0.1, -0.05) is 13.0 Å². The fourth-order valence-corrected chi connectivity index (χ4v) is 1.82. The molecule has 2 amide bonds. The number of anilines is 1. The number of rotatable bonds is 7. The smallest absolute Gasteiger partial charge is 0.251 e. The zero-order valence-electron chi connectivity index (χ0n) is 11.7. The summed E-state index contributed by atoms with van der Waals surface area (Å²) in [5.74, 6) is -0.175. The molecular weight excluding hydrogens is 254 g/mol. The molecule has 0 aromatic heterocycles. The Balaban J connectivity index is 1.88. The number of benzene rings is 1. The highest BCUT2D eigenvalue weighted by Gasteiger charge is 2.23. The van der Waals surface area contributed by atoms with E-state index in [1.54, 1.807) is 24.3 Å². The van der Waals surface area contributed by atoms with Crippen LogP contribution >= 0.6 is 0 Å². The van der Waals surface area contributed by atoms with E-state index in [1.165, 1.54) is 0 Å². The van der Waals surface area contributed by atoms with E-state index in [1.807, 2.05) is 6.92 Å². The first-order valence-electron chi connectivity index (χ1n) is 7.10. The van der Waals surface area contributed by atoms with Crippen LogP contribution in [-0.4, -0.2) is 30.9 Å². The highest BCUT2D eigenvalue weighted by Crippen LogP contribution is 2.20. The number of hydrogen-bond acceptors (Lipinski definition) is 3. The Kier molecular flexibility index (Phi) is 5.12. The van der Waals surface area contributed by atoms with Gasteiger partial charge >= 0.3 is 0 Å². The van der Waals surface area contributed by atoms with Crippen LogP contribution in [0.15, 0.2) is 24.3 Å². The van der Waals surface area contributed by atoms with Gasteiger partial charge in [-0.3, -0.25) is 9.59 Å². The highest BCUT2D eigenvalue weighted by molar-refractivity contribution is 5.97. The number of carbonyl (C=O) groups excluding carboxylic acids is 2. The summed E-state index contributed by atoms with van der Waals surface area (Å²) < 4.78 is 0. The van der Waals surface area contributed by atoms with Crippen LogP contribution in [0.2, 0.25) is 0 Å². The lowest BCUT2D eigenvalue weighted by atomic mass is 10.2. The van der Waals surface area contributed by atoms with Crippen LogP contribution in [0.4, 0.5) is 5.69 Å². The summed E-state index contributed by atoms with van der Waals surface area (Å²) >= 11 is 0. The quantitative estimate of drug-likeness (QED) is 0.661. The van der Waals surface area contributed by atoms with Crippen molar-refractivity contribution in [3.63, 3.8) is 0 Å². The lowest BCUT2D eigenvalue weighted by Gasteiger charge is -2.08. The molecule has 108 valence electrons. The summed E-state index contributed by atoms with van der Waals surface area (Å²) in [6, 6.07) is 7.35. The van der Waals surface area contributed by atoms with Crippen molar-refractivity contribution >= 4 is 17.5 Å². The van der Waals surface area contributed by atoms with Gasteiger partial charge in [-0.25, -0.2) is 0 Å². The zero-order chi connectivity index (χ0) is 14.4. The van der Waals surface area contributed by atoms with E-state index in [2.05, 4.69) is 16.0 Å². The molecule has 1 aromatic rings. The van der Waals surface area contributed by atoms with E-state index in [9.17, 15) is 9.59 Å². The van der Waals surface area contributed by atoms with Crippen molar-refractivity contribution < 1.29 is 9.59 Å². The minimum Gasteiger partial charge on any atom is -0.349 e. The Hall–Kier alpha value is -1.88. The van der Waals surface area contributed by atoms with Crippen LogP contribution in [0.1, 0.15) is 36.5 Å². The van der Waals surface area contributed by atoms with Crippen LogP contribution in [0.5, 0.6) is 0 Å². The van der Waals surface area contributed by atoms with Gasteiger partial charge in [0.1, 0.15) is 0 Å². The molecule has 0 atom stereocenters. The Bertz CT molecular complexity index is 484. The molecular formula is C15H21N3O2. The molecule has 0 unspecified atom stereocenters. The molecule has 5 nitrogen and oxygen atoms in total.